The van der Waals surface area contributed by atoms with E-state index in [1.165, 1.54) is 11.3 Å². The van der Waals surface area contributed by atoms with Gasteiger partial charge in [0.2, 0.25) is 0 Å². The van der Waals surface area contributed by atoms with Crippen LogP contribution in [0.1, 0.15) is 43.5 Å². The van der Waals surface area contributed by atoms with E-state index >= 15 is 0 Å². The smallest absolute Gasteiger partial charge is 0.338 e. The highest BCUT2D eigenvalue weighted by atomic mass is 32.1. The summed E-state index contributed by atoms with van der Waals surface area (Å²) in [6, 6.07) is 14.7. The molecule has 0 radical (unpaired) electrons. The van der Waals surface area contributed by atoms with Crippen LogP contribution in [0.2, 0.25) is 0 Å². The van der Waals surface area contributed by atoms with Gasteiger partial charge in [-0.05, 0) is 57.0 Å². The van der Waals surface area contributed by atoms with E-state index in [2.05, 4.69) is 4.99 Å². The Kier molecular flexibility index (Phi) is 6.33. The van der Waals surface area contributed by atoms with Gasteiger partial charge in [0.1, 0.15) is 5.75 Å². The first kappa shape index (κ1) is 22.7. The van der Waals surface area contributed by atoms with Gasteiger partial charge in [0, 0.05) is 0 Å². The van der Waals surface area contributed by atoms with Gasteiger partial charge in [0.25, 0.3) is 5.56 Å². The molecule has 0 fully saturated rings. The van der Waals surface area contributed by atoms with E-state index < -0.39 is 12.0 Å². The Balaban J connectivity index is 1.92. The molecule has 0 saturated carbocycles. The molecule has 1 aliphatic heterocycles. The van der Waals surface area contributed by atoms with Gasteiger partial charge in [0.15, 0.2) is 4.80 Å². The van der Waals surface area contributed by atoms with E-state index in [1.807, 2.05) is 61.5 Å². The number of rotatable bonds is 5. The standard InChI is InChI=1S/C26H26N2O4S/c1-15(2)32-25(30)22-17(4)27-26-28(23(22)19-10-12-20(31-5)13-11-19)24(29)21(33-26)14-18-8-6-16(3)7-9-18/h6-15,23H,1-5H3/b21-14+. The Morgan fingerprint density at radius 2 is 1.76 bits per heavy atom. The zero-order chi connectivity index (χ0) is 23.7. The van der Waals surface area contributed by atoms with Crippen LogP contribution in [0.5, 0.6) is 5.75 Å². The second kappa shape index (κ2) is 9.19. The van der Waals surface area contributed by atoms with Crippen LogP contribution in [-0.4, -0.2) is 23.8 Å². The summed E-state index contributed by atoms with van der Waals surface area (Å²) in [5, 5.41) is 0. The molecule has 1 atom stereocenters. The van der Waals surface area contributed by atoms with Gasteiger partial charge in [-0.3, -0.25) is 9.36 Å². The number of benzene rings is 2. The van der Waals surface area contributed by atoms with E-state index in [0.29, 0.717) is 26.4 Å². The third-order valence-electron chi connectivity index (χ3n) is 5.39. The fraction of sp³-hybridized carbons (Fsp3) is 0.269. The molecular weight excluding hydrogens is 436 g/mol. The topological polar surface area (TPSA) is 69.9 Å². The fourth-order valence-corrected chi connectivity index (χ4v) is 4.82. The first-order valence-electron chi connectivity index (χ1n) is 10.7. The number of nitrogens with zero attached hydrogens (tertiary/aromatic N) is 2. The van der Waals surface area contributed by atoms with Gasteiger partial charge in [0.05, 0.1) is 35.1 Å². The maximum absolute atomic E-state index is 13.6. The van der Waals surface area contributed by atoms with Crippen molar-refractivity contribution in [2.75, 3.05) is 7.11 Å². The van der Waals surface area contributed by atoms with Gasteiger partial charge >= 0.3 is 5.97 Å². The van der Waals surface area contributed by atoms with Crippen molar-refractivity contribution in [3.8, 4) is 5.75 Å². The zero-order valence-electron chi connectivity index (χ0n) is 19.3. The predicted molar refractivity (Wildman–Crippen MR) is 129 cm³/mol. The SMILES string of the molecule is COc1ccc(C2C(C(=O)OC(C)C)=C(C)N=c3s/c(=C/c4ccc(C)cc4)c(=O)n32)cc1. The number of carbonyl (C=O) groups excluding carboxylic acids is 1. The monoisotopic (exact) mass is 462 g/mol. The number of fused-ring (bicyclic) bond motifs is 1. The molecule has 0 N–H and O–H groups in total. The number of aromatic nitrogens is 1. The van der Waals surface area contributed by atoms with Crippen molar-refractivity contribution < 1.29 is 14.3 Å². The first-order valence-corrected chi connectivity index (χ1v) is 11.5. The van der Waals surface area contributed by atoms with Crippen LogP contribution in [0.4, 0.5) is 0 Å². The third kappa shape index (κ3) is 4.54. The third-order valence-corrected chi connectivity index (χ3v) is 6.37. The number of methoxy groups -OCH3 is 1. The zero-order valence-corrected chi connectivity index (χ0v) is 20.1. The van der Waals surface area contributed by atoms with Gasteiger partial charge in [-0.15, -0.1) is 0 Å². The Morgan fingerprint density at radius 3 is 2.36 bits per heavy atom. The van der Waals surface area contributed by atoms with Crippen LogP contribution in [0, 0.1) is 6.92 Å². The van der Waals surface area contributed by atoms with Crippen molar-refractivity contribution in [2.24, 2.45) is 4.99 Å². The van der Waals surface area contributed by atoms with E-state index in [1.54, 1.807) is 32.4 Å². The molecule has 0 amide bonds. The summed E-state index contributed by atoms with van der Waals surface area (Å²) in [7, 11) is 1.60. The Morgan fingerprint density at radius 1 is 1.09 bits per heavy atom. The lowest BCUT2D eigenvalue weighted by molar-refractivity contribution is -0.143. The summed E-state index contributed by atoms with van der Waals surface area (Å²) >= 11 is 1.32. The number of hydrogen-bond donors (Lipinski definition) is 0. The van der Waals surface area contributed by atoms with Crippen LogP contribution in [0.25, 0.3) is 6.08 Å². The minimum Gasteiger partial charge on any atom is -0.497 e. The highest BCUT2D eigenvalue weighted by Gasteiger charge is 2.33. The van der Waals surface area contributed by atoms with Crippen molar-refractivity contribution >= 4 is 23.4 Å². The highest BCUT2D eigenvalue weighted by molar-refractivity contribution is 7.07. The lowest BCUT2D eigenvalue weighted by Gasteiger charge is -2.25. The number of thiazole rings is 1. The molecule has 0 bridgehead atoms. The summed E-state index contributed by atoms with van der Waals surface area (Å²) in [6.07, 6.45) is 1.57. The molecule has 0 aliphatic carbocycles. The molecule has 1 aliphatic rings. The van der Waals surface area contributed by atoms with Crippen molar-refractivity contribution in [1.82, 2.24) is 4.57 Å². The fourth-order valence-electron chi connectivity index (χ4n) is 3.78. The Bertz CT molecular complexity index is 1390. The van der Waals surface area contributed by atoms with Gasteiger partial charge < -0.3 is 9.47 Å². The quantitative estimate of drug-likeness (QED) is 0.544. The van der Waals surface area contributed by atoms with E-state index in [9.17, 15) is 9.59 Å². The molecular formula is C26H26N2O4S. The van der Waals surface area contributed by atoms with Crippen molar-refractivity contribution in [3.63, 3.8) is 0 Å². The lowest BCUT2D eigenvalue weighted by atomic mass is 9.96. The molecule has 1 aromatic heterocycles. The predicted octanol–water partition coefficient (Wildman–Crippen LogP) is 3.50. The maximum Gasteiger partial charge on any atom is 0.338 e. The van der Waals surface area contributed by atoms with Gasteiger partial charge in [-0.25, -0.2) is 9.79 Å². The summed E-state index contributed by atoms with van der Waals surface area (Å²) < 4.78 is 13.0. The molecule has 170 valence electrons. The second-order valence-corrected chi connectivity index (χ2v) is 9.23. The summed E-state index contributed by atoms with van der Waals surface area (Å²) in [5.74, 6) is 0.220. The van der Waals surface area contributed by atoms with Gasteiger partial charge in [-0.1, -0.05) is 53.3 Å². The second-order valence-electron chi connectivity index (χ2n) is 8.22. The number of carbonyl (C=O) groups is 1. The molecule has 2 heterocycles. The van der Waals surface area contributed by atoms with Crippen LogP contribution in [0.15, 0.2) is 69.6 Å². The number of aryl methyl sites for hydroxylation is 1. The molecule has 7 heteroatoms. The molecule has 1 unspecified atom stereocenters. The number of esters is 1. The average molecular weight is 463 g/mol. The number of ether oxygens (including phenoxy) is 2. The molecule has 0 spiro atoms. The number of allylic oxidation sites excluding steroid dienone is 1. The number of hydrogen-bond acceptors (Lipinski definition) is 6. The average Bonchev–Trinajstić information content (AvgIpc) is 3.08. The normalized spacial score (nSPS) is 15.9. The molecule has 6 nitrogen and oxygen atoms in total. The van der Waals surface area contributed by atoms with Crippen molar-refractivity contribution in [3.05, 3.63) is 96.2 Å². The molecule has 4 rings (SSSR count). The lowest BCUT2D eigenvalue weighted by Crippen LogP contribution is -2.40. The van der Waals surface area contributed by atoms with Crippen LogP contribution in [0.3, 0.4) is 0 Å². The highest BCUT2D eigenvalue weighted by Crippen LogP contribution is 2.31. The minimum absolute atomic E-state index is 0.192. The van der Waals surface area contributed by atoms with Crippen molar-refractivity contribution in [2.45, 2.75) is 39.8 Å². The summed E-state index contributed by atoms with van der Waals surface area (Å²) in [4.78, 5) is 31.8. The van der Waals surface area contributed by atoms with Gasteiger partial charge in [-0.2, -0.15) is 0 Å². The van der Waals surface area contributed by atoms with E-state index in [0.717, 1.165) is 16.7 Å². The van der Waals surface area contributed by atoms with E-state index in [-0.39, 0.29) is 11.7 Å². The molecule has 2 aromatic carbocycles. The molecule has 0 saturated heterocycles. The summed E-state index contributed by atoms with van der Waals surface area (Å²) in [5.41, 5.74) is 3.58. The summed E-state index contributed by atoms with van der Waals surface area (Å²) in [6.45, 7) is 7.40. The Labute approximate surface area is 196 Å². The molecule has 3 aromatic rings. The van der Waals surface area contributed by atoms with Crippen molar-refractivity contribution in [1.29, 1.82) is 0 Å². The van der Waals surface area contributed by atoms with Crippen LogP contribution < -0.4 is 19.6 Å². The van der Waals surface area contributed by atoms with Crippen LogP contribution >= 0.6 is 11.3 Å². The minimum atomic E-state index is -0.640. The molecule has 33 heavy (non-hydrogen) atoms. The van der Waals surface area contributed by atoms with E-state index in [4.69, 9.17) is 9.47 Å². The maximum atomic E-state index is 13.6. The van der Waals surface area contributed by atoms with Crippen LogP contribution in [-0.2, 0) is 9.53 Å². The first-order chi connectivity index (χ1) is 15.8. The Hall–Kier alpha value is -3.45. The largest absolute Gasteiger partial charge is 0.497 e.